The fourth-order valence-electron chi connectivity index (χ4n) is 5.00. The summed E-state index contributed by atoms with van der Waals surface area (Å²) in [7, 11) is 0. The standard InChI is InChI=1S/C17H23FO5/c1-9(23-3-2-17(18,15(19)20)16(21)22)14-12-5-10-4-11(7-12)8-13(14)6-10/h10-13H,2-8H2,1H3,(H,19,20)(H,21,22). The van der Waals surface area contributed by atoms with E-state index >= 15 is 0 Å². The van der Waals surface area contributed by atoms with Crippen molar-refractivity contribution in [2.75, 3.05) is 6.61 Å². The van der Waals surface area contributed by atoms with E-state index in [0.717, 1.165) is 17.6 Å². The van der Waals surface area contributed by atoms with Crippen LogP contribution in [0, 0.1) is 23.7 Å². The highest BCUT2D eigenvalue weighted by Crippen LogP contribution is 2.57. The molecule has 0 atom stereocenters. The van der Waals surface area contributed by atoms with Crippen molar-refractivity contribution in [3.8, 4) is 0 Å². The van der Waals surface area contributed by atoms with Gasteiger partial charge < -0.3 is 14.9 Å². The third-order valence-electron chi connectivity index (χ3n) is 5.87. The Balaban J connectivity index is 1.64. The van der Waals surface area contributed by atoms with Crippen molar-refractivity contribution in [1.29, 1.82) is 0 Å². The van der Waals surface area contributed by atoms with E-state index in [1.807, 2.05) is 6.92 Å². The number of carboxylic acids is 2. The summed E-state index contributed by atoms with van der Waals surface area (Å²) < 4.78 is 19.5. The minimum absolute atomic E-state index is 0.239. The summed E-state index contributed by atoms with van der Waals surface area (Å²) in [6, 6.07) is 0. The topological polar surface area (TPSA) is 83.8 Å². The fourth-order valence-corrected chi connectivity index (χ4v) is 5.00. The molecule has 0 aromatic heterocycles. The molecule has 4 aliphatic rings. The van der Waals surface area contributed by atoms with Crippen LogP contribution >= 0.6 is 0 Å². The van der Waals surface area contributed by atoms with Gasteiger partial charge in [-0.3, -0.25) is 0 Å². The number of aliphatic carboxylic acids is 2. The summed E-state index contributed by atoms with van der Waals surface area (Å²) in [5.41, 5.74) is -1.97. The Morgan fingerprint density at radius 3 is 2.00 bits per heavy atom. The molecule has 2 N–H and O–H groups in total. The molecule has 4 saturated carbocycles. The number of ether oxygens (including phenoxy) is 1. The van der Waals surface area contributed by atoms with Crippen LogP contribution in [-0.2, 0) is 14.3 Å². The van der Waals surface area contributed by atoms with E-state index in [-0.39, 0.29) is 6.61 Å². The molecule has 0 aromatic rings. The van der Waals surface area contributed by atoms with Gasteiger partial charge in [-0.25, -0.2) is 14.0 Å². The van der Waals surface area contributed by atoms with E-state index in [4.69, 9.17) is 14.9 Å². The van der Waals surface area contributed by atoms with Gasteiger partial charge in [-0.15, -0.1) is 0 Å². The van der Waals surface area contributed by atoms with Crippen LogP contribution < -0.4 is 0 Å². The first-order valence-corrected chi connectivity index (χ1v) is 8.30. The molecule has 0 radical (unpaired) electrons. The van der Waals surface area contributed by atoms with Gasteiger partial charge in [-0.2, -0.15) is 0 Å². The van der Waals surface area contributed by atoms with Gasteiger partial charge in [-0.1, -0.05) is 0 Å². The van der Waals surface area contributed by atoms with E-state index in [0.29, 0.717) is 11.8 Å². The number of halogens is 1. The Labute approximate surface area is 134 Å². The first-order chi connectivity index (χ1) is 10.8. The van der Waals surface area contributed by atoms with Gasteiger partial charge >= 0.3 is 17.6 Å². The van der Waals surface area contributed by atoms with Crippen LogP contribution in [-0.4, -0.2) is 34.4 Å². The summed E-state index contributed by atoms with van der Waals surface area (Å²) >= 11 is 0. The molecule has 6 heteroatoms. The van der Waals surface area contributed by atoms with E-state index in [1.54, 1.807) is 0 Å². The molecule has 0 heterocycles. The molecule has 0 amide bonds. The molecule has 0 unspecified atom stereocenters. The molecule has 4 bridgehead atoms. The number of allylic oxidation sites excluding steroid dienone is 2. The van der Waals surface area contributed by atoms with Crippen molar-refractivity contribution < 1.29 is 28.9 Å². The molecular weight excluding hydrogens is 303 g/mol. The zero-order valence-electron chi connectivity index (χ0n) is 13.3. The molecule has 0 aliphatic heterocycles. The predicted octanol–water partition coefficient (Wildman–Crippen LogP) is 3.00. The second-order valence-electron chi connectivity index (χ2n) is 7.33. The maximum atomic E-state index is 13.9. The lowest BCUT2D eigenvalue weighted by molar-refractivity contribution is -0.168. The van der Waals surface area contributed by atoms with Gasteiger partial charge in [-0.05, 0) is 68.3 Å². The van der Waals surface area contributed by atoms with Crippen molar-refractivity contribution in [3.63, 3.8) is 0 Å². The molecule has 4 aliphatic carbocycles. The van der Waals surface area contributed by atoms with Crippen molar-refractivity contribution >= 4 is 11.9 Å². The normalized spacial score (nSPS) is 32.0. The number of rotatable bonds is 6. The zero-order valence-corrected chi connectivity index (χ0v) is 13.3. The lowest BCUT2D eigenvalue weighted by Crippen LogP contribution is -2.43. The van der Waals surface area contributed by atoms with Crippen LogP contribution in [0.4, 0.5) is 4.39 Å². The molecular formula is C17H23FO5. The Hall–Kier alpha value is -1.59. The van der Waals surface area contributed by atoms with E-state index in [2.05, 4.69) is 0 Å². The summed E-state index contributed by atoms with van der Waals surface area (Å²) in [6.45, 7) is 1.61. The quantitative estimate of drug-likeness (QED) is 0.579. The van der Waals surface area contributed by atoms with Crippen LogP contribution in [0.15, 0.2) is 11.3 Å². The molecule has 4 rings (SSSR count). The number of alkyl halides is 1. The Morgan fingerprint density at radius 1 is 1.09 bits per heavy atom. The third kappa shape index (κ3) is 2.83. The SMILES string of the molecule is CC(OCCC(F)(C(=O)O)C(=O)O)=C1C2CC3CC(C2)CC1C3. The molecule has 23 heavy (non-hydrogen) atoms. The monoisotopic (exact) mass is 326 g/mol. The molecule has 5 nitrogen and oxygen atoms in total. The Morgan fingerprint density at radius 2 is 1.57 bits per heavy atom. The lowest BCUT2D eigenvalue weighted by atomic mass is 9.54. The van der Waals surface area contributed by atoms with Crippen LogP contribution in [0.5, 0.6) is 0 Å². The number of carbonyl (C=O) groups is 2. The summed E-state index contributed by atoms with van der Waals surface area (Å²) in [6.07, 6.45) is 5.44. The van der Waals surface area contributed by atoms with Crippen LogP contribution in [0.25, 0.3) is 0 Å². The van der Waals surface area contributed by atoms with E-state index in [9.17, 15) is 14.0 Å². The smallest absolute Gasteiger partial charge is 0.353 e. The van der Waals surface area contributed by atoms with Crippen LogP contribution in [0.3, 0.4) is 0 Å². The maximum absolute atomic E-state index is 13.9. The minimum Gasteiger partial charge on any atom is -0.498 e. The van der Waals surface area contributed by atoms with Gasteiger partial charge in [0.2, 0.25) is 0 Å². The van der Waals surface area contributed by atoms with E-state index in [1.165, 1.54) is 37.7 Å². The first kappa shape index (κ1) is 16.3. The largest absolute Gasteiger partial charge is 0.498 e. The Bertz CT molecular complexity index is 509. The second kappa shape index (κ2) is 5.80. The van der Waals surface area contributed by atoms with Crippen LogP contribution in [0.2, 0.25) is 0 Å². The van der Waals surface area contributed by atoms with Crippen molar-refractivity contribution in [3.05, 3.63) is 11.3 Å². The zero-order chi connectivity index (χ0) is 16.8. The molecule has 0 saturated heterocycles. The van der Waals surface area contributed by atoms with Crippen molar-refractivity contribution in [2.45, 2.75) is 51.1 Å². The Kier molecular flexibility index (Phi) is 4.10. The van der Waals surface area contributed by atoms with Crippen LogP contribution in [0.1, 0.15) is 45.4 Å². The minimum atomic E-state index is -3.28. The number of hydrogen-bond acceptors (Lipinski definition) is 3. The predicted molar refractivity (Wildman–Crippen MR) is 79.4 cm³/mol. The third-order valence-corrected chi connectivity index (χ3v) is 5.87. The summed E-state index contributed by atoms with van der Waals surface area (Å²) in [5, 5.41) is 17.5. The summed E-state index contributed by atoms with van der Waals surface area (Å²) in [4.78, 5) is 21.6. The van der Waals surface area contributed by atoms with E-state index < -0.39 is 24.0 Å². The molecule has 128 valence electrons. The number of carboxylic acid groups (broad SMARTS) is 2. The number of hydrogen-bond donors (Lipinski definition) is 2. The first-order valence-electron chi connectivity index (χ1n) is 8.30. The van der Waals surface area contributed by atoms with Gasteiger partial charge in [0.25, 0.3) is 0 Å². The summed E-state index contributed by atoms with van der Waals surface area (Å²) in [5.74, 6) is -0.474. The van der Waals surface area contributed by atoms with Gasteiger partial charge in [0.05, 0.1) is 12.4 Å². The molecule has 0 spiro atoms. The second-order valence-corrected chi connectivity index (χ2v) is 7.33. The fraction of sp³-hybridized carbons (Fsp3) is 0.765. The average molecular weight is 326 g/mol. The van der Waals surface area contributed by atoms with Crippen molar-refractivity contribution in [1.82, 2.24) is 0 Å². The highest BCUT2D eigenvalue weighted by atomic mass is 19.1. The highest BCUT2D eigenvalue weighted by Gasteiger charge is 2.48. The molecule has 0 aromatic carbocycles. The van der Waals surface area contributed by atoms with Gasteiger partial charge in [0.1, 0.15) is 0 Å². The maximum Gasteiger partial charge on any atom is 0.353 e. The lowest BCUT2D eigenvalue weighted by Gasteiger charge is -2.51. The molecule has 4 fully saturated rings. The van der Waals surface area contributed by atoms with Gasteiger partial charge in [0, 0.05) is 6.42 Å². The van der Waals surface area contributed by atoms with Crippen molar-refractivity contribution in [2.24, 2.45) is 23.7 Å². The highest BCUT2D eigenvalue weighted by molar-refractivity contribution is 6.01. The average Bonchev–Trinajstić information content (AvgIpc) is 2.45. The van der Waals surface area contributed by atoms with Gasteiger partial charge in [0.15, 0.2) is 0 Å².